The Balaban J connectivity index is 1.68. The van der Waals surface area contributed by atoms with Crippen molar-refractivity contribution in [3.8, 4) is 5.75 Å². The van der Waals surface area contributed by atoms with E-state index in [1.807, 2.05) is 18.5 Å². The Morgan fingerprint density at radius 3 is 2.45 bits per heavy atom. The lowest BCUT2D eigenvalue weighted by atomic mass is 9.91. The van der Waals surface area contributed by atoms with Gasteiger partial charge < -0.3 is 10.2 Å². The molecule has 5 nitrogen and oxygen atoms in total. The summed E-state index contributed by atoms with van der Waals surface area (Å²) < 4.78 is 1.81. The molecule has 162 valence electrons. The number of nitrogens with zero attached hydrogens (tertiary/aromatic N) is 2. The van der Waals surface area contributed by atoms with Gasteiger partial charge in [0.05, 0.1) is 18.7 Å². The zero-order valence-corrected chi connectivity index (χ0v) is 18.5. The van der Waals surface area contributed by atoms with Crippen LogP contribution in [0.5, 0.6) is 5.75 Å². The number of phenols is 1. The van der Waals surface area contributed by atoms with Gasteiger partial charge >= 0.3 is 5.97 Å². The smallest absolute Gasteiger partial charge is 0.305 e. The van der Waals surface area contributed by atoms with Crippen LogP contribution in [0.3, 0.4) is 0 Å². The molecule has 1 heterocycles. The highest BCUT2D eigenvalue weighted by Crippen LogP contribution is 2.38. The molecule has 1 aliphatic rings. The van der Waals surface area contributed by atoms with Crippen LogP contribution in [0.15, 0.2) is 30.3 Å². The van der Waals surface area contributed by atoms with Crippen molar-refractivity contribution in [2.75, 3.05) is 0 Å². The summed E-state index contributed by atoms with van der Waals surface area (Å²) >= 11 is 0. The molecular formula is C26H30N2O3. The van der Waals surface area contributed by atoms with Crippen LogP contribution >= 0.6 is 0 Å². The van der Waals surface area contributed by atoms with Gasteiger partial charge in [0.2, 0.25) is 0 Å². The number of aryl methyl sites for hydroxylation is 3. The average molecular weight is 419 g/mol. The number of hydrogen-bond donors (Lipinski definition) is 2. The maximum Gasteiger partial charge on any atom is 0.305 e. The number of aromatic nitrogens is 2. The van der Waals surface area contributed by atoms with Gasteiger partial charge in [0.25, 0.3) is 0 Å². The van der Waals surface area contributed by atoms with E-state index in [0.717, 1.165) is 53.8 Å². The normalized spacial score (nSPS) is 12.9. The number of hydrogen-bond acceptors (Lipinski definition) is 3. The van der Waals surface area contributed by atoms with E-state index in [1.165, 1.54) is 22.3 Å². The average Bonchev–Trinajstić information content (AvgIpc) is 3.32. The first-order valence-electron chi connectivity index (χ1n) is 11.0. The fraction of sp³-hybridized carbons (Fsp3) is 0.385. The molecule has 0 spiro atoms. The number of benzene rings is 2. The second kappa shape index (κ2) is 8.58. The number of carboxylic acid groups (broad SMARTS) is 1. The highest BCUT2D eigenvalue weighted by molar-refractivity contribution is 5.66. The fourth-order valence-corrected chi connectivity index (χ4v) is 4.74. The first-order chi connectivity index (χ1) is 14.8. The first kappa shape index (κ1) is 21.2. The van der Waals surface area contributed by atoms with Crippen molar-refractivity contribution in [1.29, 1.82) is 0 Å². The molecule has 0 unspecified atom stereocenters. The first-order valence-corrected chi connectivity index (χ1v) is 11.0. The lowest BCUT2D eigenvalue weighted by Gasteiger charge is -2.16. The molecule has 1 aliphatic carbocycles. The van der Waals surface area contributed by atoms with Gasteiger partial charge in [-0.15, -0.1) is 0 Å². The largest absolute Gasteiger partial charge is 0.507 e. The van der Waals surface area contributed by atoms with E-state index in [0.29, 0.717) is 18.7 Å². The third kappa shape index (κ3) is 4.36. The molecule has 0 amide bonds. The van der Waals surface area contributed by atoms with E-state index in [4.69, 9.17) is 5.11 Å². The summed E-state index contributed by atoms with van der Waals surface area (Å²) in [5.41, 5.74) is 10.2. The minimum Gasteiger partial charge on any atom is -0.507 e. The van der Waals surface area contributed by atoms with Gasteiger partial charge in [-0.3, -0.25) is 9.48 Å². The molecule has 0 atom stereocenters. The van der Waals surface area contributed by atoms with E-state index in [9.17, 15) is 9.90 Å². The molecule has 0 bridgehead atoms. The SMILES string of the molecule is Cc1ccc(Cc2cc(Cc3c(C)nn(CCC(=O)O)c3C)c3c(c2O)CCC3)cc1. The summed E-state index contributed by atoms with van der Waals surface area (Å²) in [5, 5.41) is 24.6. The van der Waals surface area contributed by atoms with Crippen molar-refractivity contribution in [2.45, 2.75) is 65.8 Å². The van der Waals surface area contributed by atoms with Gasteiger partial charge in [-0.1, -0.05) is 35.9 Å². The van der Waals surface area contributed by atoms with E-state index in [-0.39, 0.29) is 6.42 Å². The summed E-state index contributed by atoms with van der Waals surface area (Å²) in [7, 11) is 0. The van der Waals surface area contributed by atoms with Crippen LogP contribution in [0.4, 0.5) is 0 Å². The topological polar surface area (TPSA) is 75.4 Å². The zero-order chi connectivity index (χ0) is 22.1. The van der Waals surface area contributed by atoms with Gasteiger partial charge in [-0.05, 0) is 67.9 Å². The summed E-state index contributed by atoms with van der Waals surface area (Å²) in [6.45, 7) is 6.48. The number of phenolic OH excluding ortho intramolecular Hbond substituents is 1. The highest BCUT2D eigenvalue weighted by Gasteiger charge is 2.23. The van der Waals surface area contributed by atoms with Crippen molar-refractivity contribution in [1.82, 2.24) is 9.78 Å². The second-order valence-electron chi connectivity index (χ2n) is 8.71. The van der Waals surface area contributed by atoms with E-state index in [1.54, 1.807) is 0 Å². The van der Waals surface area contributed by atoms with Crippen LogP contribution in [0.2, 0.25) is 0 Å². The lowest BCUT2D eigenvalue weighted by Crippen LogP contribution is -2.08. The number of aromatic hydroxyl groups is 1. The predicted molar refractivity (Wildman–Crippen MR) is 121 cm³/mol. The number of rotatable bonds is 7. The van der Waals surface area contributed by atoms with Gasteiger partial charge in [0, 0.05) is 24.1 Å². The minimum absolute atomic E-state index is 0.0662. The molecular weight excluding hydrogens is 388 g/mol. The Labute approximate surface area is 183 Å². The van der Waals surface area contributed by atoms with Crippen molar-refractivity contribution in [3.63, 3.8) is 0 Å². The lowest BCUT2D eigenvalue weighted by molar-refractivity contribution is -0.137. The number of fused-ring (bicyclic) bond motifs is 1. The van der Waals surface area contributed by atoms with Crippen molar-refractivity contribution >= 4 is 5.97 Å². The standard InChI is InChI=1S/C26H30N2O3/c1-16-7-9-19(10-8-16)13-21-14-20(22-5-4-6-23(22)26(21)31)15-24-17(2)27-28(18(24)3)12-11-25(29)30/h7-10,14,31H,4-6,11-13,15H2,1-3H3,(H,29,30). The predicted octanol–water partition coefficient (Wildman–Crippen LogP) is 4.66. The Morgan fingerprint density at radius 2 is 1.74 bits per heavy atom. The number of carboxylic acids is 1. The van der Waals surface area contributed by atoms with E-state index >= 15 is 0 Å². The van der Waals surface area contributed by atoms with Crippen LogP contribution < -0.4 is 0 Å². The Morgan fingerprint density at radius 1 is 1.03 bits per heavy atom. The fourth-order valence-electron chi connectivity index (χ4n) is 4.74. The van der Waals surface area contributed by atoms with Crippen LogP contribution in [0.1, 0.15) is 63.2 Å². The molecule has 0 fully saturated rings. The summed E-state index contributed by atoms with van der Waals surface area (Å²) in [6.07, 6.45) is 4.52. The van der Waals surface area contributed by atoms with Crippen molar-refractivity contribution < 1.29 is 15.0 Å². The molecule has 0 saturated carbocycles. The quantitative estimate of drug-likeness (QED) is 0.585. The van der Waals surface area contributed by atoms with Crippen molar-refractivity contribution in [2.24, 2.45) is 0 Å². The number of aliphatic carboxylic acids is 1. The van der Waals surface area contributed by atoms with Gasteiger partial charge in [0.15, 0.2) is 0 Å². The zero-order valence-electron chi connectivity index (χ0n) is 18.5. The van der Waals surface area contributed by atoms with Crippen molar-refractivity contribution in [3.05, 3.63) is 80.7 Å². The summed E-state index contributed by atoms with van der Waals surface area (Å²) in [6, 6.07) is 10.6. The maximum absolute atomic E-state index is 11.0. The van der Waals surface area contributed by atoms with Crippen LogP contribution in [-0.2, 0) is 37.0 Å². The minimum atomic E-state index is -0.814. The van der Waals surface area contributed by atoms with Gasteiger partial charge in [-0.25, -0.2) is 0 Å². The molecule has 0 radical (unpaired) electrons. The molecule has 0 saturated heterocycles. The molecule has 1 aromatic heterocycles. The monoisotopic (exact) mass is 418 g/mol. The highest BCUT2D eigenvalue weighted by atomic mass is 16.4. The Bertz CT molecular complexity index is 1130. The van der Waals surface area contributed by atoms with Crippen LogP contribution in [0.25, 0.3) is 0 Å². The number of carbonyl (C=O) groups is 1. The molecule has 2 aromatic carbocycles. The van der Waals surface area contributed by atoms with Crippen LogP contribution in [0, 0.1) is 20.8 Å². The maximum atomic E-state index is 11.0. The van der Waals surface area contributed by atoms with Gasteiger partial charge in [0.1, 0.15) is 5.75 Å². The molecule has 5 heteroatoms. The molecule has 0 aliphatic heterocycles. The molecule has 31 heavy (non-hydrogen) atoms. The molecule has 3 aromatic rings. The third-order valence-corrected chi connectivity index (χ3v) is 6.50. The summed E-state index contributed by atoms with van der Waals surface area (Å²) in [5.74, 6) is -0.353. The summed E-state index contributed by atoms with van der Waals surface area (Å²) in [4.78, 5) is 11.0. The van der Waals surface area contributed by atoms with Gasteiger partial charge in [-0.2, -0.15) is 5.10 Å². The Kier molecular flexibility index (Phi) is 5.86. The second-order valence-corrected chi connectivity index (χ2v) is 8.71. The Hall–Kier alpha value is -3.08. The molecule has 4 rings (SSSR count). The third-order valence-electron chi connectivity index (χ3n) is 6.50. The molecule has 2 N–H and O–H groups in total. The van der Waals surface area contributed by atoms with E-state index < -0.39 is 5.97 Å². The van der Waals surface area contributed by atoms with Crippen LogP contribution in [-0.4, -0.2) is 26.0 Å². The van der Waals surface area contributed by atoms with E-state index in [2.05, 4.69) is 42.4 Å².